The fraction of sp³-hybridized carbons (Fsp3) is 1.00. The summed E-state index contributed by atoms with van der Waals surface area (Å²) in [5, 5.41) is -0.566. The quantitative estimate of drug-likeness (QED) is 0.377. The summed E-state index contributed by atoms with van der Waals surface area (Å²) in [4.78, 5) is 0. The first-order chi connectivity index (χ1) is 4.81. The fourth-order valence-electron chi connectivity index (χ4n) is 1.62. The Morgan fingerprint density at radius 1 is 1.42 bits per heavy atom. The van der Waals surface area contributed by atoms with E-state index in [4.69, 9.17) is 0 Å². The van der Waals surface area contributed by atoms with Crippen LogP contribution in [0.5, 0.6) is 0 Å². The predicted molar refractivity (Wildman–Crippen MR) is 45.2 cm³/mol. The standard InChI is InChI=1S/C6H14O3SSi.Na/c1-11(2)4-3-6(5-11)10(7,8)9;/h6H,3-5H2,1-2H3,(H,7,8,9);/q;+1/p-1. The molecule has 0 aliphatic carbocycles. The van der Waals surface area contributed by atoms with Gasteiger partial charge in [0.2, 0.25) is 0 Å². The van der Waals surface area contributed by atoms with Gasteiger partial charge in [-0.15, -0.1) is 0 Å². The minimum Gasteiger partial charge on any atom is -0.748 e. The molecule has 0 N–H and O–H groups in total. The zero-order valence-corrected chi connectivity index (χ0v) is 11.6. The van der Waals surface area contributed by atoms with Gasteiger partial charge in [0.25, 0.3) is 0 Å². The Kier molecular flexibility index (Phi) is 4.49. The Balaban J connectivity index is 0.00000121. The van der Waals surface area contributed by atoms with Crippen molar-refractivity contribution in [1.82, 2.24) is 0 Å². The van der Waals surface area contributed by atoms with Crippen molar-refractivity contribution in [3.8, 4) is 0 Å². The summed E-state index contributed by atoms with van der Waals surface area (Å²) < 4.78 is 31.8. The normalized spacial score (nSPS) is 28.1. The van der Waals surface area contributed by atoms with Crippen molar-refractivity contribution < 1.29 is 42.5 Å². The monoisotopic (exact) mass is 216 g/mol. The smallest absolute Gasteiger partial charge is 0.748 e. The Morgan fingerprint density at radius 3 is 2.08 bits per heavy atom. The van der Waals surface area contributed by atoms with Crippen molar-refractivity contribution in [2.24, 2.45) is 0 Å². The van der Waals surface area contributed by atoms with Gasteiger partial charge in [-0.1, -0.05) is 19.1 Å². The summed E-state index contributed by atoms with van der Waals surface area (Å²) in [6.45, 7) is 4.27. The molecule has 0 amide bonds. The van der Waals surface area contributed by atoms with Crippen LogP contribution in [-0.4, -0.2) is 26.3 Å². The molecule has 1 saturated heterocycles. The molecular formula is C6H13NaO3SSi. The zero-order chi connectivity index (χ0) is 8.70. The van der Waals surface area contributed by atoms with Crippen molar-refractivity contribution in [2.75, 3.05) is 0 Å². The van der Waals surface area contributed by atoms with E-state index in [1.165, 1.54) is 0 Å². The van der Waals surface area contributed by atoms with Crippen LogP contribution < -0.4 is 29.6 Å². The van der Waals surface area contributed by atoms with Gasteiger partial charge in [0.1, 0.15) is 0 Å². The average molecular weight is 216 g/mol. The third-order valence-corrected chi connectivity index (χ3v) is 7.09. The van der Waals surface area contributed by atoms with Gasteiger partial charge in [-0.3, -0.25) is 0 Å². The van der Waals surface area contributed by atoms with Crippen molar-refractivity contribution in [3.05, 3.63) is 0 Å². The van der Waals surface area contributed by atoms with E-state index in [0.717, 1.165) is 6.04 Å². The van der Waals surface area contributed by atoms with Gasteiger partial charge in [0.15, 0.2) is 0 Å². The molecule has 0 aromatic rings. The van der Waals surface area contributed by atoms with Gasteiger partial charge in [0.05, 0.1) is 10.1 Å². The predicted octanol–water partition coefficient (Wildman–Crippen LogP) is -1.98. The second-order valence-corrected chi connectivity index (χ2v) is 10.9. The van der Waals surface area contributed by atoms with E-state index in [9.17, 15) is 13.0 Å². The van der Waals surface area contributed by atoms with E-state index in [1.54, 1.807) is 0 Å². The Morgan fingerprint density at radius 2 is 1.92 bits per heavy atom. The summed E-state index contributed by atoms with van der Waals surface area (Å²) in [5.74, 6) is 0. The molecule has 12 heavy (non-hydrogen) atoms. The van der Waals surface area contributed by atoms with Gasteiger partial charge >= 0.3 is 29.6 Å². The van der Waals surface area contributed by atoms with Crippen LogP contribution in [0.25, 0.3) is 0 Å². The molecular weight excluding hydrogens is 203 g/mol. The van der Waals surface area contributed by atoms with E-state index in [-0.39, 0.29) is 29.6 Å². The van der Waals surface area contributed by atoms with E-state index in [2.05, 4.69) is 13.1 Å². The minimum absolute atomic E-state index is 0. The number of hydrogen-bond donors (Lipinski definition) is 0. The maximum absolute atomic E-state index is 10.6. The SMILES string of the molecule is C[Si]1(C)CCC(S(=O)(=O)[O-])C1.[Na+]. The maximum Gasteiger partial charge on any atom is 1.00 e. The van der Waals surface area contributed by atoms with Crippen molar-refractivity contribution in [1.29, 1.82) is 0 Å². The zero-order valence-electron chi connectivity index (χ0n) is 7.83. The van der Waals surface area contributed by atoms with Crippen LogP contribution in [-0.2, 0) is 10.1 Å². The molecule has 1 fully saturated rings. The van der Waals surface area contributed by atoms with Crippen LogP contribution >= 0.6 is 0 Å². The second-order valence-electron chi connectivity index (χ2n) is 4.02. The van der Waals surface area contributed by atoms with E-state index < -0.39 is 23.4 Å². The molecule has 66 valence electrons. The molecule has 0 bridgehead atoms. The molecule has 0 saturated carbocycles. The third-order valence-electron chi connectivity index (χ3n) is 2.33. The van der Waals surface area contributed by atoms with Crippen molar-refractivity contribution >= 4 is 18.2 Å². The molecule has 1 heterocycles. The molecule has 6 heteroatoms. The summed E-state index contributed by atoms with van der Waals surface area (Å²) >= 11 is 0. The first kappa shape index (κ1) is 13.1. The average Bonchev–Trinajstić information content (AvgIpc) is 2.07. The van der Waals surface area contributed by atoms with Crippen molar-refractivity contribution in [3.63, 3.8) is 0 Å². The summed E-state index contributed by atoms with van der Waals surface area (Å²) in [6.07, 6.45) is 0.602. The first-order valence-corrected chi connectivity index (χ1v) is 8.64. The molecule has 0 spiro atoms. The third kappa shape index (κ3) is 3.47. The minimum atomic E-state index is -3.99. The van der Waals surface area contributed by atoms with E-state index in [1.807, 2.05) is 0 Å². The summed E-state index contributed by atoms with van der Waals surface area (Å²) in [7, 11) is -5.28. The van der Waals surface area contributed by atoms with Gasteiger partial charge in [-0.05, 0) is 12.5 Å². The molecule has 1 unspecified atom stereocenters. The fourth-order valence-corrected chi connectivity index (χ4v) is 7.18. The molecule has 1 aliphatic heterocycles. The van der Waals surface area contributed by atoms with E-state index >= 15 is 0 Å². The van der Waals surface area contributed by atoms with Crippen LogP contribution in [0.4, 0.5) is 0 Å². The summed E-state index contributed by atoms with van der Waals surface area (Å²) in [5.41, 5.74) is 0. The van der Waals surface area contributed by atoms with Crippen LogP contribution in [0.1, 0.15) is 6.42 Å². The molecule has 0 radical (unpaired) electrons. The Bertz CT molecular complexity index is 250. The second kappa shape index (κ2) is 4.10. The van der Waals surface area contributed by atoms with Crippen LogP contribution in [0.2, 0.25) is 25.2 Å². The molecule has 0 aromatic carbocycles. The topological polar surface area (TPSA) is 57.2 Å². The first-order valence-electron chi connectivity index (χ1n) is 3.76. The number of rotatable bonds is 1. The van der Waals surface area contributed by atoms with Gasteiger partial charge in [-0.25, -0.2) is 8.42 Å². The van der Waals surface area contributed by atoms with Crippen LogP contribution in [0, 0.1) is 0 Å². The molecule has 1 atom stereocenters. The number of hydrogen-bond acceptors (Lipinski definition) is 3. The summed E-state index contributed by atoms with van der Waals surface area (Å²) in [6, 6.07) is 1.65. The van der Waals surface area contributed by atoms with Crippen LogP contribution in [0.15, 0.2) is 0 Å². The van der Waals surface area contributed by atoms with Gasteiger partial charge in [0, 0.05) is 13.3 Å². The largest absolute Gasteiger partial charge is 1.00 e. The Hall–Kier alpha value is 1.13. The van der Waals surface area contributed by atoms with Gasteiger partial charge in [-0.2, -0.15) is 0 Å². The molecule has 0 aromatic heterocycles. The van der Waals surface area contributed by atoms with Crippen molar-refractivity contribution in [2.45, 2.75) is 36.9 Å². The molecule has 1 rings (SSSR count). The Labute approximate surface area is 97.0 Å². The van der Waals surface area contributed by atoms with Gasteiger partial charge < -0.3 is 4.55 Å². The maximum atomic E-state index is 10.6. The molecule has 3 nitrogen and oxygen atoms in total. The molecule has 1 aliphatic rings. The van der Waals surface area contributed by atoms with Crippen LogP contribution in [0.3, 0.4) is 0 Å². The van der Waals surface area contributed by atoms with E-state index in [0.29, 0.717) is 12.5 Å².